The van der Waals surface area contributed by atoms with Gasteiger partial charge in [0.05, 0.1) is 6.54 Å². The topological polar surface area (TPSA) is 44.4 Å². The zero-order chi connectivity index (χ0) is 15.0. The Hall–Kier alpha value is -0.610. The van der Waals surface area contributed by atoms with Crippen LogP contribution in [0.4, 0.5) is 0 Å². The van der Waals surface area contributed by atoms with Crippen LogP contribution in [-0.4, -0.2) is 49.1 Å². The first kappa shape index (κ1) is 17.4. The van der Waals surface area contributed by atoms with E-state index < -0.39 is 0 Å². The van der Waals surface area contributed by atoms with Crippen molar-refractivity contribution in [2.45, 2.75) is 65.5 Å². The minimum absolute atomic E-state index is 0.192. The van der Waals surface area contributed by atoms with E-state index >= 15 is 0 Å². The number of carbonyl (C=O) groups excluding carboxylic acids is 1. The highest BCUT2D eigenvalue weighted by Gasteiger charge is 2.24. The predicted molar refractivity (Wildman–Crippen MR) is 84.8 cm³/mol. The molecule has 1 heterocycles. The summed E-state index contributed by atoms with van der Waals surface area (Å²) in [6.45, 7) is 12.4. The van der Waals surface area contributed by atoms with Gasteiger partial charge in [-0.3, -0.25) is 9.69 Å². The second-order valence-corrected chi connectivity index (χ2v) is 6.04. The van der Waals surface area contributed by atoms with Crippen molar-refractivity contribution in [2.24, 2.45) is 5.92 Å². The van der Waals surface area contributed by atoms with Gasteiger partial charge in [-0.05, 0) is 58.2 Å². The van der Waals surface area contributed by atoms with Crippen molar-refractivity contribution >= 4 is 5.91 Å². The van der Waals surface area contributed by atoms with E-state index in [0.29, 0.717) is 18.6 Å². The maximum atomic E-state index is 12.0. The van der Waals surface area contributed by atoms with E-state index in [2.05, 4.69) is 43.2 Å². The number of nitrogens with one attached hydrogen (secondary N) is 2. The summed E-state index contributed by atoms with van der Waals surface area (Å²) in [6.07, 6.45) is 4.44. The van der Waals surface area contributed by atoms with E-state index in [4.69, 9.17) is 0 Å². The van der Waals surface area contributed by atoms with Crippen molar-refractivity contribution in [1.82, 2.24) is 15.5 Å². The van der Waals surface area contributed by atoms with Crippen LogP contribution in [0.2, 0.25) is 0 Å². The Morgan fingerprint density at radius 3 is 2.30 bits per heavy atom. The van der Waals surface area contributed by atoms with Crippen LogP contribution in [0.3, 0.4) is 0 Å². The normalized spacial score (nSPS) is 19.2. The molecule has 1 fully saturated rings. The molecule has 118 valence electrons. The second-order valence-electron chi connectivity index (χ2n) is 6.04. The van der Waals surface area contributed by atoms with Gasteiger partial charge >= 0.3 is 0 Å². The molecule has 0 bridgehead atoms. The standard InChI is InChI=1S/C16H33N3O/c1-5-15(6-2)18-16(20)12-19-10-8-14(9-11-19)13(4)17-7-3/h13-15,17H,5-12H2,1-4H3,(H,18,20). The number of likely N-dealkylation sites (tertiary alicyclic amines) is 1. The van der Waals surface area contributed by atoms with Gasteiger partial charge in [-0.2, -0.15) is 0 Å². The van der Waals surface area contributed by atoms with Gasteiger partial charge in [-0.15, -0.1) is 0 Å². The van der Waals surface area contributed by atoms with E-state index in [1.807, 2.05) is 0 Å². The molecular weight excluding hydrogens is 250 g/mol. The lowest BCUT2D eigenvalue weighted by molar-refractivity contribution is -0.123. The maximum absolute atomic E-state index is 12.0. The summed E-state index contributed by atoms with van der Waals surface area (Å²) in [5.74, 6) is 0.949. The average Bonchev–Trinajstić information content (AvgIpc) is 2.45. The molecule has 0 radical (unpaired) electrons. The highest BCUT2D eigenvalue weighted by atomic mass is 16.2. The SMILES string of the molecule is CCNC(C)C1CCN(CC(=O)NC(CC)CC)CC1. The molecule has 4 heteroatoms. The Bertz CT molecular complexity index is 271. The van der Waals surface area contributed by atoms with Crippen LogP contribution in [0, 0.1) is 5.92 Å². The molecule has 0 aromatic carbocycles. The highest BCUT2D eigenvalue weighted by molar-refractivity contribution is 5.78. The number of amides is 1. The largest absolute Gasteiger partial charge is 0.352 e. The minimum Gasteiger partial charge on any atom is -0.352 e. The summed E-state index contributed by atoms with van der Waals surface area (Å²) >= 11 is 0. The number of rotatable bonds is 8. The molecule has 4 nitrogen and oxygen atoms in total. The van der Waals surface area contributed by atoms with Gasteiger partial charge in [0, 0.05) is 12.1 Å². The van der Waals surface area contributed by atoms with Crippen molar-refractivity contribution in [3.63, 3.8) is 0 Å². The molecule has 20 heavy (non-hydrogen) atoms. The Morgan fingerprint density at radius 2 is 1.80 bits per heavy atom. The van der Waals surface area contributed by atoms with E-state index in [1.165, 1.54) is 12.8 Å². The smallest absolute Gasteiger partial charge is 0.234 e. The molecule has 1 unspecified atom stereocenters. The van der Waals surface area contributed by atoms with Crippen molar-refractivity contribution in [3.05, 3.63) is 0 Å². The van der Waals surface area contributed by atoms with E-state index in [0.717, 1.165) is 38.4 Å². The third-order valence-electron chi connectivity index (χ3n) is 4.58. The summed E-state index contributed by atoms with van der Waals surface area (Å²) < 4.78 is 0. The first-order chi connectivity index (χ1) is 9.60. The Balaban J connectivity index is 2.26. The molecule has 1 atom stereocenters. The van der Waals surface area contributed by atoms with E-state index in [1.54, 1.807) is 0 Å². The zero-order valence-electron chi connectivity index (χ0n) is 13.7. The average molecular weight is 283 g/mol. The minimum atomic E-state index is 0.192. The number of piperidine rings is 1. The summed E-state index contributed by atoms with van der Waals surface area (Å²) in [4.78, 5) is 14.3. The molecule has 0 aromatic rings. The lowest BCUT2D eigenvalue weighted by atomic mass is 9.90. The van der Waals surface area contributed by atoms with Crippen molar-refractivity contribution < 1.29 is 4.79 Å². The van der Waals surface area contributed by atoms with E-state index in [9.17, 15) is 4.79 Å². The van der Waals surface area contributed by atoms with Crippen molar-refractivity contribution in [1.29, 1.82) is 0 Å². The third kappa shape index (κ3) is 5.80. The molecule has 1 saturated heterocycles. The molecule has 1 rings (SSSR count). The summed E-state index contributed by atoms with van der Waals surface area (Å²) in [5.41, 5.74) is 0. The highest BCUT2D eigenvalue weighted by Crippen LogP contribution is 2.20. The fourth-order valence-corrected chi connectivity index (χ4v) is 3.07. The molecule has 0 saturated carbocycles. The van der Waals surface area contributed by atoms with Crippen molar-refractivity contribution in [3.8, 4) is 0 Å². The number of hydrogen-bond donors (Lipinski definition) is 2. The Morgan fingerprint density at radius 1 is 1.20 bits per heavy atom. The molecule has 1 aliphatic rings. The number of carbonyl (C=O) groups is 1. The Kier molecular flexibility index (Phi) is 8.15. The molecule has 1 aliphatic heterocycles. The van der Waals surface area contributed by atoms with Crippen LogP contribution >= 0.6 is 0 Å². The molecule has 0 spiro atoms. The van der Waals surface area contributed by atoms with Crippen LogP contribution in [0.25, 0.3) is 0 Å². The first-order valence-electron chi connectivity index (χ1n) is 8.35. The van der Waals surface area contributed by atoms with Gasteiger partial charge in [-0.1, -0.05) is 20.8 Å². The number of nitrogens with zero attached hydrogens (tertiary/aromatic N) is 1. The first-order valence-corrected chi connectivity index (χ1v) is 8.35. The molecule has 1 amide bonds. The van der Waals surface area contributed by atoms with Gasteiger partial charge < -0.3 is 10.6 Å². The molecule has 0 aliphatic carbocycles. The molecule has 0 aromatic heterocycles. The summed E-state index contributed by atoms with van der Waals surface area (Å²) in [5, 5.41) is 6.64. The Labute approximate surface area is 124 Å². The van der Waals surface area contributed by atoms with Crippen LogP contribution < -0.4 is 10.6 Å². The lowest BCUT2D eigenvalue weighted by Gasteiger charge is -2.35. The quantitative estimate of drug-likeness (QED) is 0.716. The molecular formula is C16H33N3O. The van der Waals surface area contributed by atoms with Crippen LogP contribution in [0.5, 0.6) is 0 Å². The summed E-state index contributed by atoms with van der Waals surface area (Å²) in [6, 6.07) is 0.939. The lowest BCUT2D eigenvalue weighted by Crippen LogP contribution is -2.46. The van der Waals surface area contributed by atoms with Gasteiger partial charge in [0.1, 0.15) is 0 Å². The van der Waals surface area contributed by atoms with Crippen LogP contribution in [0.1, 0.15) is 53.4 Å². The van der Waals surface area contributed by atoms with Crippen molar-refractivity contribution in [2.75, 3.05) is 26.2 Å². The second kappa shape index (κ2) is 9.35. The van der Waals surface area contributed by atoms with Crippen LogP contribution in [-0.2, 0) is 4.79 Å². The van der Waals surface area contributed by atoms with Gasteiger partial charge in [0.25, 0.3) is 0 Å². The van der Waals surface area contributed by atoms with Gasteiger partial charge in [-0.25, -0.2) is 0 Å². The van der Waals surface area contributed by atoms with Gasteiger partial charge in [0.2, 0.25) is 5.91 Å². The fourth-order valence-electron chi connectivity index (χ4n) is 3.07. The fraction of sp³-hybridized carbons (Fsp3) is 0.938. The van der Waals surface area contributed by atoms with Crippen LogP contribution in [0.15, 0.2) is 0 Å². The van der Waals surface area contributed by atoms with Gasteiger partial charge in [0.15, 0.2) is 0 Å². The third-order valence-corrected chi connectivity index (χ3v) is 4.58. The summed E-state index contributed by atoms with van der Waals surface area (Å²) in [7, 11) is 0. The zero-order valence-corrected chi connectivity index (χ0v) is 13.7. The number of hydrogen-bond acceptors (Lipinski definition) is 3. The van der Waals surface area contributed by atoms with E-state index in [-0.39, 0.29) is 5.91 Å². The maximum Gasteiger partial charge on any atom is 0.234 e. The predicted octanol–water partition coefficient (Wildman–Crippen LogP) is 2.00. The monoisotopic (exact) mass is 283 g/mol. The molecule has 2 N–H and O–H groups in total.